The minimum atomic E-state index is 0.348. The first-order valence-corrected chi connectivity index (χ1v) is 10.3. The molecular formula is C24H43NO. The van der Waals surface area contributed by atoms with Gasteiger partial charge < -0.3 is 10.5 Å². The van der Waals surface area contributed by atoms with Crippen molar-refractivity contribution in [2.45, 2.75) is 81.1 Å². The zero-order valence-corrected chi connectivity index (χ0v) is 18.6. The van der Waals surface area contributed by atoms with Gasteiger partial charge in [-0.15, -0.1) is 0 Å². The summed E-state index contributed by atoms with van der Waals surface area (Å²) in [6.07, 6.45) is 4.99. The first kappa shape index (κ1) is 22.9. The third-order valence-corrected chi connectivity index (χ3v) is 5.10. The van der Waals surface area contributed by atoms with E-state index in [1.54, 1.807) is 0 Å². The molecule has 2 heteroatoms. The predicted octanol–water partition coefficient (Wildman–Crippen LogP) is 7.19. The van der Waals surface area contributed by atoms with Gasteiger partial charge in [0, 0.05) is 0 Å². The monoisotopic (exact) mass is 361 g/mol. The first-order chi connectivity index (χ1) is 11.9. The lowest BCUT2D eigenvalue weighted by atomic mass is 9.76. The van der Waals surface area contributed by atoms with Gasteiger partial charge in [0.25, 0.3) is 0 Å². The van der Waals surface area contributed by atoms with E-state index in [1.165, 1.54) is 25.7 Å². The second-order valence-electron chi connectivity index (χ2n) is 10.8. The summed E-state index contributed by atoms with van der Waals surface area (Å²) in [5.41, 5.74) is 7.53. The lowest BCUT2D eigenvalue weighted by Gasteiger charge is -2.31. The van der Waals surface area contributed by atoms with Gasteiger partial charge in [-0.1, -0.05) is 73.9 Å². The quantitative estimate of drug-likeness (QED) is 0.472. The van der Waals surface area contributed by atoms with E-state index in [0.717, 1.165) is 24.0 Å². The predicted molar refractivity (Wildman–Crippen MR) is 116 cm³/mol. The van der Waals surface area contributed by atoms with Gasteiger partial charge in [-0.2, -0.15) is 0 Å². The molecule has 1 rings (SSSR count). The number of anilines is 1. The Hall–Kier alpha value is -1.18. The number of nitrogens with two attached hydrogens (primary N) is 1. The van der Waals surface area contributed by atoms with E-state index in [0.29, 0.717) is 22.7 Å². The number of hydrogen-bond donors (Lipinski definition) is 1. The smallest absolute Gasteiger partial charge is 0.142 e. The lowest BCUT2D eigenvalue weighted by Crippen LogP contribution is -2.25. The van der Waals surface area contributed by atoms with Crippen LogP contribution in [-0.2, 0) is 0 Å². The van der Waals surface area contributed by atoms with Crippen molar-refractivity contribution >= 4 is 5.69 Å². The van der Waals surface area contributed by atoms with Crippen LogP contribution in [0.15, 0.2) is 24.3 Å². The van der Waals surface area contributed by atoms with Crippen LogP contribution in [0.4, 0.5) is 5.69 Å². The minimum Gasteiger partial charge on any atom is -0.491 e. The average molecular weight is 362 g/mol. The van der Waals surface area contributed by atoms with Crippen LogP contribution in [0.5, 0.6) is 5.75 Å². The Morgan fingerprint density at radius 2 is 1.46 bits per heavy atom. The Kier molecular flexibility index (Phi) is 8.50. The molecule has 0 unspecified atom stereocenters. The maximum absolute atomic E-state index is 6.14. The van der Waals surface area contributed by atoms with E-state index in [9.17, 15) is 0 Å². The largest absolute Gasteiger partial charge is 0.491 e. The van der Waals surface area contributed by atoms with Crippen molar-refractivity contribution < 1.29 is 4.74 Å². The van der Waals surface area contributed by atoms with Crippen molar-refractivity contribution in [3.63, 3.8) is 0 Å². The molecule has 0 aliphatic heterocycles. The Morgan fingerprint density at radius 1 is 0.885 bits per heavy atom. The van der Waals surface area contributed by atoms with Crippen molar-refractivity contribution in [1.29, 1.82) is 0 Å². The highest BCUT2D eigenvalue weighted by atomic mass is 16.5. The van der Waals surface area contributed by atoms with E-state index < -0.39 is 0 Å². The Labute approximate surface area is 162 Å². The summed E-state index contributed by atoms with van der Waals surface area (Å²) in [7, 11) is 0. The maximum atomic E-state index is 6.14. The van der Waals surface area contributed by atoms with Crippen molar-refractivity contribution in [2.75, 3.05) is 12.3 Å². The fraction of sp³-hybridized carbons (Fsp3) is 0.750. The highest BCUT2D eigenvalue weighted by Gasteiger charge is 2.25. The van der Waals surface area contributed by atoms with Crippen LogP contribution in [0.2, 0.25) is 0 Å². The van der Waals surface area contributed by atoms with Gasteiger partial charge in [-0.3, -0.25) is 0 Å². The summed E-state index contributed by atoms with van der Waals surface area (Å²) in [5.74, 6) is 2.78. The zero-order chi connectivity index (χ0) is 20.0. The molecule has 150 valence electrons. The highest BCUT2D eigenvalue weighted by Crippen LogP contribution is 2.34. The second kappa shape index (κ2) is 9.67. The summed E-state index contributed by atoms with van der Waals surface area (Å²) < 4.78 is 6.14. The van der Waals surface area contributed by atoms with Crippen molar-refractivity contribution in [3.8, 4) is 5.75 Å². The standard InChI is InChI=1S/C24H43NO/c1-18(15-23(3,4)5)13-14-20(19(2)16-24(6,7)8)17-26-22-12-10-9-11-21(22)25/h9-12,18-20H,13-17,25H2,1-8H3/t18-,19-,20-/m0/s1. The van der Waals surface area contributed by atoms with E-state index in [4.69, 9.17) is 10.5 Å². The molecule has 0 aromatic heterocycles. The molecule has 3 atom stereocenters. The van der Waals surface area contributed by atoms with E-state index in [-0.39, 0.29) is 0 Å². The third-order valence-electron chi connectivity index (χ3n) is 5.10. The van der Waals surface area contributed by atoms with Gasteiger partial charge in [0.1, 0.15) is 5.75 Å². The van der Waals surface area contributed by atoms with Crippen LogP contribution in [0.1, 0.15) is 81.1 Å². The van der Waals surface area contributed by atoms with Crippen molar-refractivity contribution in [1.82, 2.24) is 0 Å². The van der Waals surface area contributed by atoms with Gasteiger partial charge in [-0.05, 0) is 60.0 Å². The molecule has 0 fully saturated rings. The molecule has 0 aliphatic carbocycles. The van der Waals surface area contributed by atoms with Crippen molar-refractivity contribution in [2.24, 2.45) is 28.6 Å². The molecule has 0 radical (unpaired) electrons. The molecular weight excluding hydrogens is 318 g/mol. The Balaban J connectivity index is 2.70. The van der Waals surface area contributed by atoms with Gasteiger partial charge >= 0.3 is 0 Å². The molecule has 0 heterocycles. The topological polar surface area (TPSA) is 35.2 Å². The van der Waals surface area contributed by atoms with E-state index >= 15 is 0 Å². The zero-order valence-electron chi connectivity index (χ0n) is 18.6. The molecule has 2 nitrogen and oxygen atoms in total. The maximum Gasteiger partial charge on any atom is 0.142 e. The second-order valence-corrected chi connectivity index (χ2v) is 10.8. The average Bonchev–Trinajstić information content (AvgIpc) is 2.45. The SMILES string of the molecule is C[C@@H](CC[C@@H](COc1ccccc1N)[C@@H](C)CC(C)(C)C)CC(C)(C)C. The summed E-state index contributed by atoms with van der Waals surface area (Å²) in [6, 6.07) is 7.83. The molecule has 0 bridgehead atoms. The summed E-state index contributed by atoms with van der Waals surface area (Å²) in [6.45, 7) is 19.6. The van der Waals surface area contributed by atoms with Crippen LogP contribution >= 0.6 is 0 Å². The fourth-order valence-corrected chi connectivity index (χ4v) is 4.12. The molecule has 1 aromatic carbocycles. The van der Waals surface area contributed by atoms with Gasteiger partial charge in [0.2, 0.25) is 0 Å². The molecule has 0 spiro atoms. The highest BCUT2D eigenvalue weighted by molar-refractivity contribution is 5.51. The minimum absolute atomic E-state index is 0.348. The molecule has 0 aliphatic rings. The molecule has 2 N–H and O–H groups in total. The molecule has 0 saturated carbocycles. The van der Waals surface area contributed by atoms with Crippen molar-refractivity contribution in [3.05, 3.63) is 24.3 Å². The van der Waals surface area contributed by atoms with Gasteiger partial charge in [0.15, 0.2) is 0 Å². The van der Waals surface area contributed by atoms with Crippen LogP contribution in [0, 0.1) is 28.6 Å². The molecule has 1 aromatic rings. The summed E-state index contributed by atoms with van der Waals surface area (Å²) >= 11 is 0. The van der Waals surface area contributed by atoms with Crippen LogP contribution in [0.3, 0.4) is 0 Å². The van der Waals surface area contributed by atoms with Gasteiger partial charge in [0.05, 0.1) is 12.3 Å². The summed E-state index contributed by atoms with van der Waals surface area (Å²) in [5, 5.41) is 0. The molecule has 0 amide bonds. The number of rotatable bonds is 9. The van der Waals surface area contributed by atoms with Crippen LogP contribution < -0.4 is 10.5 Å². The molecule has 26 heavy (non-hydrogen) atoms. The normalized spacial score (nSPS) is 16.2. The number of para-hydroxylation sites is 2. The molecule has 0 saturated heterocycles. The number of nitrogen functional groups attached to an aromatic ring is 1. The first-order valence-electron chi connectivity index (χ1n) is 10.3. The Morgan fingerprint density at radius 3 is 2.00 bits per heavy atom. The third kappa shape index (κ3) is 9.50. The summed E-state index contributed by atoms with van der Waals surface area (Å²) in [4.78, 5) is 0. The van der Waals surface area contributed by atoms with Crippen LogP contribution in [0.25, 0.3) is 0 Å². The van der Waals surface area contributed by atoms with E-state index in [1.807, 2.05) is 24.3 Å². The number of benzene rings is 1. The number of hydrogen-bond acceptors (Lipinski definition) is 2. The number of ether oxygens (including phenoxy) is 1. The lowest BCUT2D eigenvalue weighted by molar-refractivity contribution is 0.148. The van der Waals surface area contributed by atoms with Gasteiger partial charge in [-0.25, -0.2) is 0 Å². The van der Waals surface area contributed by atoms with E-state index in [2.05, 4.69) is 55.4 Å². The Bertz CT molecular complexity index is 524. The van der Waals surface area contributed by atoms with Crippen LogP contribution in [-0.4, -0.2) is 6.61 Å². The fourth-order valence-electron chi connectivity index (χ4n) is 4.12.